The maximum atomic E-state index is 9.57. The van der Waals surface area contributed by atoms with Crippen molar-refractivity contribution in [2.45, 2.75) is 6.92 Å². The number of hydrogen-bond donors (Lipinski definition) is 1. The molecule has 0 saturated heterocycles. The molecule has 0 unspecified atom stereocenters. The molecule has 0 fully saturated rings. The van der Waals surface area contributed by atoms with Gasteiger partial charge in [-0.15, -0.1) is 0 Å². The van der Waals surface area contributed by atoms with Gasteiger partial charge in [0.25, 0.3) is 0 Å². The summed E-state index contributed by atoms with van der Waals surface area (Å²) in [5, 5.41) is 18.0. The van der Waals surface area contributed by atoms with E-state index in [-0.39, 0.29) is 6.01 Å². The molecule has 146 valence electrons. The highest BCUT2D eigenvalue weighted by Gasteiger charge is 2.18. The van der Waals surface area contributed by atoms with E-state index in [0.717, 1.165) is 16.5 Å². The highest BCUT2D eigenvalue weighted by molar-refractivity contribution is 5.88. The molecule has 0 bridgehead atoms. The molecular weight excluding hydrogens is 380 g/mol. The van der Waals surface area contributed by atoms with Gasteiger partial charge >= 0.3 is 6.01 Å². The smallest absolute Gasteiger partial charge is 0.301 e. The Kier molecular flexibility index (Phi) is 4.07. The van der Waals surface area contributed by atoms with Crippen LogP contribution in [-0.2, 0) is 0 Å². The molecule has 0 aliphatic carbocycles. The minimum atomic E-state index is 0.268. The number of benzene rings is 2. The van der Waals surface area contributed by atoms with Gasteiger partial charge in [-0.3, -0.25) is 5.32 Å². The number of aromatic nitrogens is 4. The Labute approximate surface area is 171 Å². The molecule has 8 heteroatoms. The highest BCUT2D eigenvalue weighted by Crippen LogP contribution is 2.30. The number of para-hydroxylation sites is 3. The van der Waals surface area contributed by atoms with Crippen molar-refractivity contribution < 1.29 is 9.15 Å². The number of methoxy groups -OCH3 is 1. The fourth-order valence-corrected chi connectivity index (χ4v) is 3.40. The second-order valence-corrected chi connectivity index (χ2v) is 6.70. The number of hydrogen-bond acceptors (Lipinski definition) is 7. The fraction of sp³-hybridized carbons (Fsp3) is 0.0909. The number of anilines is 2. The SMILES string of the molecule is COc1cccc2c(C)cc(-n3ncc(C#N)c3Nc3nc4ccccc4o3)nc12. The van der Waals surface area contributed by atoms with Crippen LogP contribution in [0.1, 0.15) is 11.1 Å². The van der Waals surface area contributed by atoms with Crippen LogP contribution in [0.4, 0.5) is 11.8 Å². The highest BCUT2D eigenvalue weighted by atomic mass is 16.5. The zero-order valence-corrected chi connectivity index (χ0v) is 16.2. The average molecular weight is 396 g/mol. The van der Waals surface area contributed by atoms with Gasteiger partial charge in [0, 0.05) is 5.39 Å². The summed E-state index contributed by atoms with van der Waals surface area (Å²) in [6.07, 6.45) is 1.48. The van der Waals surface area contributed by atoms with Crippen LogP contribution in [0.5, 0.6) is 5.75 Å². The third kappa shape index (κ3) is 2.81. The van der Waals surface area contributed by atoms with Gasteiger partial charge in [0.15, 0.2) is 17.2 Å². The maximum Gasteiger partial charge on any atom is 0.301 e. The van der Waals surface area contributed by atoms with Crippen molar-refractivity contribution in [3.8, 4) is 17.6 Å². The van der Waals surface area contributed by atoms with Gasteiger partial charge in [-0.25, -0.2) is 4.98 Å². The van der Waals surface area contributed by atoms with Gasteiger partial charge in [-0.05, 0) is 36.8 Å². The molecule has 0 amide bonds. The number of nitrogens with zero attached hydrogens (tertiary/aromatic N) is 5. The van der Waals surface area contributed by atoms with Crippen molar-refractivity contribution in [2.75, 3.05) is 12.4 Å². The first kappa shape index (κ1) is 17.7. The number of aryl methyl sites for hydroxylation is 1. The lowest BCUT2D eigenvalue weighted by Crippen LogP contribution is -2.06. The van der Waals surface area contributed by atoms with E-state index in [4.69, 9.17) is 14.1 Å². The van der Waals surface area contributed by atoms with Crippen molar-refractivity contribution in [1.82, 2.24) is 19.7 Å². The van der Waals surface area contributed by atoms with Crippen molar-refractivity contribution in [3.63, 3.8) is 0 Å². The van der Waals surface area contributed by atoms with E-state index in [2.05, 4.69) is 21.5 Å². The van der Waals surface area contributed by atoms with Crippen LogP contribution in [0.3, 0.4) is 0 Å². The van der Waals surface area contributed by atoms with Crippen LogP contribution in [0, 0.1) is 18.3 Å². The predicted molar refractivity (Wildman–Crippen MR) is 112 cm³/mol. The summed E-state index contributed by atoms with van der Waals surface area (Å²) in [6, 6.07) is 17.5. The first-order valence-corrected chi connectivity index (χ1v) is 9.23. The van der Waals surface area contributed by atoms with Crippen molar-refractivity contribution in [3.05, 3.63) is 65.9 Å². The average Bonchev–Trinajstić information content (AvgIpc) is 3.36. The fourth-order valence-electron chi connectivity index (χ4n) is 3.40. The molecule has 0 saturated carbocycles. The molecule has 0 spiro atoms. The van der Waals surface area contributed by atoms with Crippen LogP contribution in [0.15, 0.2) is 59.1 Å². The van der Waals surface area contributed by atoms with E-state index in [1.807, 2.05) is 55.5 Å². The Morgan fingerprint density at radius 1 is 1.13 bits per heavy atom. The molecular formula is C22H16N6O2. The van der Waals surface area contributed by atoms with Gasteiger partial charge in [0.05, 0.1) is 13.3 Å². The largest absolute Gasteiger partial charge is 0.494 e. The van der Waals surface area contributed by atoms with Crippen LogP contribution in [0.2, 0.25) is 0 Å². The van der Waals surface area contributed by atoms with Gasteiger partial charge < -0.3 is 9.15 Å². The minimum Gasteiger partial charge on any atom is -0.494 e. The summed E-state index contributed by atoms with van der Waals surface area (Å²) in [5.74, 6) is 1.63. The summed E-state index contributed by atoms with van der Waals surface area (Å²) >= 11 is 0. The number of pyridine rings is 1. The number of ether oxygens (including phenoxy) is 1. The summed E-state index contributed by atoms with van der Waals surface area (Å²) in [5.41, 5.74) is 3.44. The second kappa shape index (κ2) is 6.90. The second-order valence-electron chi connectivity index (χ2n) is 6.70. The third-order valence-corrected chi connectivity index (χ3v) is 4.84. The van der Waals surface area contributed by atoms with E-state index in [1.54, 1.807) is 11.8 Å². The third-order valence-electron chi connectivity index (χ3n) is 4.84. The zero-order valence-electron chi connectivity index (χ0n) is 16.2. The lowest BCUT2D eigenvalue weighted by atomic mass is 10.1. The Hall–Kier alpha value is -4.38. The van der Waals surface area contributed by atoms with Gasteiger partial charge in [-0.2, -0.15) is 20.0 Å². The van der Waals surface area contributed by atoms with E-state index >= 15 is 0 Å². The molecule has 2 aromatic carbocycles. The number of nitrogens with one attached hydrogen (secondary N) is 1. The molecule has 0 aliphatic rings. The molecule has 0 atom stereocenters. The Morgan fingerprint density at radius 2 is 2.00 bits per heavy atom. The lowest BCUT2D eigenvalue weighted by molar-refractivity contribution is 0.419. The number of fused-ring (bicyclic) bond motifs is 2. The minimum absolute atomic E-state index is 0.268. The van der Waals surface area contributed by atoms with Gasteiger partial charge in [-0.1, -0.05) is 24.3 Å². The van der Waals surface area contributed by atoms with E-state index in [1.165, 1.54) is 6.20 Å². The standard InChI is InChI=1S/C22H16N6O2/c1-13-10-19(26-20-15(13)6-5-9-18(20)29-2)28-21(14(11-23)12-24-28)27-22-25-16-7-3-4-8-17(16)30-22/h3-10,12H,1-2H3,(H,25,27). The van der Waals surface area contributed by atoms with Crippen LogP contribution >= 0.6 is 0 Å². The van der Waals surface area contributed by atoms with Crippen LogP contribution < -0.4 is 10.1 Å². The Bertz CT molecular complexity index is 1410. The van der Waals surface area contributed by atoms with Gasteiger partial charge in [0.2, 0.25) is 0 Å². The molecule has 5 aromatic rings. The molecule has 3 aromatic heterocycles. The number of rotatable bonds is 4. The lowest BCUT2D eigenvalue weighted by Gasteiger charge is -2.12. The first-order chi connectivity index (χ1) is 14.7. The number of oxazole rings is 1. The van der Waals surface area contributed by atoms with Crippen molar-refractivity contribution in [1.29, 1.82) is 5.26 Å². The van der Waals surface area contributed by atoms with Crippen molar-refractivity contribution in [2.24, 2.45) is 0 Å². The summed E-state index contributed by atoms with van der Waals surface area (Å²) in [7, 11) is 1.61. The maximum absolute atomic E-state index is 9.57. The monoisotopic (exact) mass is 396 g/mol. The van der Waals surface area contributed by atoms with Crippen molar-refractivity contribution >= 4 is 33.8 Å². The first-order valence-electron chi connectivity index (χ1n) is 9.23. The Morgan fingerprint density at radius 3 is 2.80 bits per heavy atom. The molecule has 5 rings (SSSR count). The van der Waals surface area contributed by atoms with Crippen LogP contribution in [-0.4, -0.2) is 26.9 Å². The van der Waals surface area contributed by atoms with E-state index in [9.17, 15) is 5.26 Å². The molecule has 8 nitrogen and oxygen atoms in total. The molecule has 1 N–H and O–H groups in total. The normalized spacial score (nSPS) is 11.0. The Balaban J connectivity index is 1.65. The molecule has 0 radical (unpaired) electrons. The summed E-state index contributed by atoms with van der Waals surface area (Å²) in [6.45, 7) is 2.00. The zero-order chi connectivity index (χ0) is 20.7. The van der Waals surface area contributed by atoms with E-state index < -0.39 is 0 Å². The number of nitriles is 1. The van der Waals surface area contributed by atoms with Crippen LogP contribution in [0.25, 0.3) is 27.8 Å². The predicted octanol–water partition coefficient (Wildman–Crippen LogP) is 4.49. The molecule has 3 heterocycles. The quantitative estimate of drug-likeness (QED) is 0.477. The van der Waals surface area contributed by atoms with E-state index in [0.29, 0.717) is 34.0 Å². The molecule has 0 aliphatic heterocycles. The molecule has 30 heavy (non-hydrogen) atoms. The van der Waals surface area contributed by atoms with Gasteiger partial charge in [0.1, 0.15) is 28.4 Å². The topological polar surface area (TPSA) is 102 Å². The summed E-state index contributed by atoms with van der Waals surface area (Å²) in [4.78, 5) is 9.17. The summed E-state index contributed by atoms with van der Waals surface area (Å²) < 4.78 is 12.8.